The molecule has 2 N–H and O–H groups in total. The highest BCUT2D eigenvalue weighted by molar-refractivity contribution is 7.80. The summed E-state index contributed by atoms with van der Waals surface area (Å²) >= 11 is 5.78. The van der Waals surface area contributed by atoms with Crippen LogP contribution in [0.3, 0.4) is 0 Å². The van der Waals surface area contributed by atoms with Crippen molar-refractivity contribution in [1.29, 1.82) is 0 Å². The van der Waals surface area contributed by atoms with Crippen LogP contribution in [-0.4, -0.2) is 21.5 Å². The van der Waals surface area contributed by atoms with Gasteiger partial charge in [0.15, 0.2) is 5.11 Å². The number of H-pyrrole nitrogens is 1. The number of hydrogen-bond donors (Lipinski definition) is 2. The summed E-state index contributed by atoms with van der Waals surface area (Å²) in [5.41, 5.74) is 7.22. The normalized spacial score (nSPS) is 11.0. The van der Waals surface area contributed by atoms with Crippen molar-refractivity contribution in [2.24, 2.45) is 0 Å². The molecule has 0 radical (unpaired) electrons. The third-order valence-corrected chi connectivity index (χ3v) is 5.75. The number of hydrogen-bond acceptors (Lipinski definition) is 2. The van der Waals surface area contributed by atoms with Gasteiger partial charge >= 0.3 is 0 Å². The van der Waals surface area contributed by atoms with Crippen LogP contribution in [0.1, 0.15) is 28.1 Å². The van der Waals surface area contributed by atoms with Crippen LogP contribution >= 0.6 is 12.2 Å². The summed E-state index contributed by atoms with van der Waals surface area (Å²) in [6, 6.07) is 18.7. The molecule has 0 unspecified atom stereocenters. The van der Waals surface area contributed by atoms with Gasteiger partial charge in [-0.1, -0.05) is 23.8 Å². The number of aryl methyl sites for hydroxylation is 3. The van der Waals surface area contributed by atoms with E-state index >= 15 is 0 Å². The molecule has 4 nitrogen and oxygen atoms in total. The van der Waals surface area contributed by atoms with E-state index in [0.29, 0.717) is 11.7 Å². The second-order valence-corrected chi connectivity index (χ2v) is 8.21. The van der Waals surface area contributed by atoms with Gasteiger partial charge in [-0.15, -0.1) is 0 Å². The minimum atomic E-state index is 0.630. The van der Waals surface area contributed by atoms with E-state index in [0.717, 1.165) is 24.4 Å². The van der Waals surface area contributed by atoms with E-state index in [-0.39, 0.29) is 0 Å². The second-order valence-electron chi connectivity index (χ2n) is 7.83. The first-order valence-electron chi connectivity index (χ1n) is 10.2. The summed E-state index contributed by atoms with van der Waals surface area (Å²) in [5, 5.41) is 5.39. The van der Waals surface area contributed by atoms with Gasteiger partial charge in [0.05, 0.1) is 12.8 Å². The van der Waals surface area contributed by atoms with Gasteiger partial charge in [-0.05, 0) is 86.9 Å². The Kier molecular flexibility index (Phi) is 5.91. The Labute approximate surface area is 182 Å². The second kappa shape index (κ2) is 8.76. The molecule has 0 spiro atoms. The zero-order valence-electron chi connectivity index (χ0n) is 17.7. The summed E-state index contributed by atoms with van der Waals surface area (Å²) in [6.07, 6.45) is 2.60. The standard InChI is InChI=1S/C25H27N3OS/c1-17-6-4-7-20(14-17)27-25(30)28(16-21-8-5-13-29-21)12-11-22-19(3)26-24-10-9-18(2)15-23(22)24/h4-10,13-15,26H,11-12,16H2,1-3H3,(H,27,30). The Morgan fingerprint density at radius 2 is 1.87 bits per heavy atom. The summed E-state index contributed by atoms with van der Waals surface area (Å²) in [4.78, 5) is 5.68. The van der Waals surface area contributed by atoms with Gasteiger partial charge in [0.25, 0.3) is 0 Å². The van der Waals surface area contributed by atoms with E-state index in [9.17, 15) is 0 Å². The van der Waals surface area contributed by atoms with Crippen molar-refractivity contribution in [3.05, 3.63) is 89.0 Å². The third-order valence-electron chi connectivity index (χ3n) is 5.39. The lowest BCUT2D eigenvalue weighted by Crippen LogP contribution is -2.35. The van der Waals surface area contributed by atoms with Gasteiger partial charge in [0.2, 0.25) is 0 Å². The van der Waals surface area contributed by atoms with Gasteiger partial charge < -0.3 is 19.6 Å². The molecule has 0 saturated heterocycles. The fourth-order valence-electron chi connectivity index (χ4n) is 3.83. The third kappa shape index (κ3) is 4.57. The van der Waals surface area contributed by atoms with E-state index in [1.807, 2.05) is 24.3 Å². The Morgan fingerprint density at radius 1 is 1.03 bits per heavy atom. The zero-order chi connectivity index (χ0) is 21.1. The first kappa shape index (κ1) is 20.2. The molecule has 0 saturated carbocycles. The largest absolute Gasteiger partial charge is 0.467 e. The predicted molar refractivity (Wildman–Crippen MR) is 128 cm³/mol. The van der Waals surface area contributed by atoms with Gasteiger partial charge in [-0.25, -0.2) is 0 Å². The van der Waals surface area contributed by atoms with E-state index in [1.165, 1.54) is 33.3 Å². The van der Waals surface area contributed by atoms with Crippen LogP contribution in [0.25, 0.3) is 10.9 Å². The van der Waals surface area contributed by atoms with Crippen molar-refractivity contribution in [3.63, 3.8) is 0 Å². The first-order valence-corrected chi connectivity index (χ1v) is 10.6. The van der Waals surface area contributed by atoms with Crippen molar-refractivity contribution >= 4 is 33.9 Å². The van der Waals surface area contributed by atoms with Crippen LogP contribution in [-0.2, 0) is 13.0 Å². The number of thiocarbonyl (C=S) groups is 1. The molecule has 154 valence electrons. The number of anilines is 1. The molecule has 4 aromatic rings. The Bertz CT molecular complexity index is 1160. The smallest absolute Gasteiger partial charge is 0.173 e. The van der Waals surface area contributed by atoms with E-state index in [2.05, 4.69) is 66.3 Å². The topological polar surface area (TPSA) is 44.2 Å². The molecule has 0 amide bonds. The maximum atomic E-state index is 5.78. The van der Waals surface area contributed by atoms with Crippen molar-refractivity contribution < 1.29 is 4.42 Å². The molecule has 4 rings (SSSR count). The van der Waals surface area contributed by atoms with Crippen LogP contribution in [0.4, 0.5) is 5.69 Å². The Balaban J connectivity index is 1.55. The van der Waals surface area contributed by atoms with Gasteiger partial charge in [0.1, 0.15) is 5.76 Å². The molecule has 0 bridgehead atoms. The van der Waals surface area contributed by atoms with Crippen molar-refractivity contribution in [1.82, 2.24) is 9.88 Å². The summed E-state index contributed by atoms with van der Waals surface area (Å²) in [7, 11) is 0. The van der Waals surface area contributed by atoms with Crippen molar-refractivity contribution in [2.75, 3.05) is 11.9 Å². The number of nitrogens with zero attached hydrogens (tertiary/aromatic N) is 1. The molecule has 0 aliphatic carbocycles. The van der Waals surface area contributed by atoms with Crippen LogP contribution < -0.4 is 5.32 Å². The monoisotopic (exact) mass is 417 g/mol. The number of rotatable bonds is 6. The molecule has 2 aromatic heterocycles. The van der Waals surface area contributed by atoms with Crippen LogP contribution in [0.5, 0.6) is 0 Å². The average Bonchev–Trinajstić information content (AvgIpc) is 3.32. The summed E-state index contributed by atoms with van der Waals surface area (Å²) in [5.74, 6) is 0.898. The van der Waals surface area contributed by atoms with E-state index < -0.39 is 0 Å². The molecule has 5 heteroatoms. The molecule has 2 aromatic carbocycles. The molecule has 0 aliphatic heterocycles. The van der Waals surface area contributed by atoms with E-state index in [1.54, 1.807) is 6.26 Å². The minimum Gasteiger partial charge on any atom is -0.467 e. The lowest BCUT2D eigenvalue weighted by atomic mass is 10.1. The van der Waals surface area contributed by atoms with E-state index in [4.69, 9.17) is 16.6 Å². The fourth-order valence-corrected chi connectivity index (χ4v) is 4.11. The number of nitrogens with one attached hydrogen (secondary N) is 2. The molecule has 0 fully saturated rings. The Hall–Kier alpha value is -3.05. The summed E-state index contributed by atoms with van der Waals surface area (Å²) in [6.45, 7) is 7.78. The van der Waals surface area contributed by atoms with Crippen molar-refractivity contribution in [2.45, 2.75) is 33.7 Å². The highest BCUT2D eigenvalue weighted by atomic mass is 32.1. The summed E-state index contributed by atoms with van der Waals surface area (Å²) < 4.78 is 5.59. The maximum absolute atomic E-state index is 5.78. The lowest BCUT2D eigenvalue weighted by Gasteiger charge is -2.25. The number of benzene rings is 2. The highest BCUT2D eigenvalue weighted by Gasteiger charge is 2.15. The van der Waals surface area contributed by atoms with Crippen LogP contribution in [0.2, 0.25) is 0 Å². The molecule has 30 heavy (non-hydrogen) atoms. The lowest BCUT2D eigenvalue weighted by molar-refractivity contribution is 0.368. The zero-order valence-corrected chi connectivity index (χ0v) is 18.5. The molecular formula is C25H27N3OS. The quantitative estimate of drug-likeness (QED) is 0.371. The SMILES string of the molecule is Cc1cccc(NC(=S)N(CCc2c(C)[nH]c3ccc(C)cc23)Cc2ccco2)c1. The van der Waals surface area contributed by atoms with Gasteiger partial charge in [0, 0.05) is 28.8 Å². The molecule has 2 heterocycles. The number of furan rings is 1. The van der Waals surface area contributed by atoms with Crippen LogP contribution in [0, 0.1) is 20.8 Å². The number of aromatic nitrogens is 1. The molecule has 0 atom stereocenters. The number of aromatic amines is 1. The average molecular weight is 418 g/mol. The number of fused-ring (bicyclic) bond motifs is 1. The predicted octanol–water partition coefficient (Wildman–Crippen LogP) is 6.13. The Morgan fingerprint density at radius 3 is 2.63 bits per heavy atom. The molecular weight excluding hydrogens is 390 g/mol. The highest BCUT2D eigenvalue weighted by Crippen LogP contribution is 2.24. The fraction of sp³-hybridized carbons (Fsp3) is 0.240. The van der Waals surface area contributed by atoms with Crippen molar-refractivity contribution in [3.8, 4) is 0 Å². The van der Waals surface area contributed by atoms with Gasteiger partial charge in [-0.2, -0.15) is 0 Å². The minimum absolute atomic E-state index is 0.630. The van der Waals surface area contributed by atoms with Crippen LogP contribution in [0.15, 0.2) is 65.3 Å². The maximum Gasteiger partial charge on any atom is 0.173 e. The first-order chi connectivity index (χ1) is 14.5. The van der Waals surface area contributed by atoms with Gasteiger partial charge in [-0.3, -0.25) is 0 Å². The molecule has 0 aliphatic rings.